The Labute approximate surface area is 96.1 Å². The zero-order valence-electron chi connectivity index (χ0n) is 9.99. The Kier molecular flexibility index (Phi) is 3.47. The number of carbonyl (C=O) groups excluding carboxylic acids is 1. The first-order chi connectivity index (χ1) is 7.58. The molecule has 2 aliphatic heterocycles. The average molecular weight is 228 g/mol. The summed E-state index contributed by atoms with van der Waals surface area (Å²) in [4.78, 5) is 14.0. The van der Waals surface area contributed by atoms with E-state index in [0.717, 1.165) is 19.6 Å². The molecule has 0 saturated carbocycles. The third-order valence-corrected chi connectivity index (χ3v) is 2.97. The van der Waals surface area contributed by atoms with Gasteiger partial charge in [0.1, 0.15) is 0 Å². The lowest BCUT2D eigenvalue weighted by Gasteiger charge is -2.40. The summed E-state index contributed by atoms with van der Waals surface area (Å²) in [5, 5.41) is 3.38. The summed E-state index contributed by atoms with van der Waals surface area (Å²) >= 11 is 0. The van der Waals surface area contributed by atoms with Crippen LogP contribution in [0.3, 0.4) is 0 Å². The molecule has 16 heavy (non-hydrogen) atoms. The predicted octanol–water partition coefficient (Wildman–Crippen LogP) is -0.388. The number of carbonyl (C=O) groups is 1. The number of amides is 1. The maximum atomic E-state index is 12.1. The molecule has 1 atom stereocenters. The summed E-state index contributed by atoms with van der Waals surface area (Å²) in [6.45, 7) is 8.03. The van der Waals surface area contributed by atoms with Crippen molar-refractivity contribution in [3.63, 3.8) is 0 Å². The standard InChI is InChI=1S/C11H20N2O3/c1-11(2)8-13(4-3-12-11)10(14)9-7-15-5-6-16-9/h9,12H,3-8H2,1-2H3. The van der Waals surface area contributed by atoms with Gasteiger partial charge < -0.3 is 19.7 Å². The fourth-order valence-electron chi connectivity index (χ4n) is 2.16. The first-order valence-corrected chi connectivity index (χ1v) is 5.82. The molecule has 2 aliphatic rings. The maximum absolute atomic E-state index is 12.1. The van der Waals surface area contributed by atoms with Gasteiger partial charge in [0.05, 0.1) is 19.8 Å². The minimum absolute atomic E-state index is 0.0105. The number of hydrogen-bond acceptors (Lipinski definition) is 4. The zero-order valence-corrected chi connectivity index (χ0v) is 9.99. The van der Waals surface area contributed by atoms with E-state index in [4.69, 9.17) is 9.47 Å². The minimum Gasteiger partial charge on any atom is -0.376 e. The van der Waals surface area contributed by atoms with Crippen LogP contribution >= 0.6 is 0 Å². The first kappa shape index (κ1) is 11.8. The summed E-state index contributed by atoms with van der Waals surface area (Å²) in [6, 6.07) is 0. The summed E-state index contributed by atoms with van der Waals surface area (Å²) in [5.41, 5.74) is -0.0105. The molecular weight excluding hydrogens is 208 g/mol. The molecular formula is C11H20N2O3. The Morgan fingerprint density at radius 3 is 2.88 bits per heavy atom. The van der Waals surface area contributed by atoms with Crippen LogP contribution in [0, 0.1) is 0 Å². The lowest BCUT2D eigenvalue weighted by atomic mass is 10.0. The molecule has 0 aliphatic carbocycles. The Morgan fingerprint density at radius 2 is 2.25 bits per heavy atom. The van der Waals surface area contributed by atoms with Gasteiger partial charge in [-0.25, -0.2) is 0 Å². The van der Waals surface area contributed by atoms with Crippen LogP contribution in [-0.4, -0.2) is 61.9 Å². The van der Waals surface area contributed by atoms with E-state index >= 15 is 0 Å². The van der Waals surface area contributed by atoms with Gasteiger partial charge in [0.2, 0.25) is 0 Å². The number of rotatable bonds is 1. The Balaban J connectivity index is 1.93. The van der Waals surface area contributed by atoms with Crippen molar-refractivity contribution in [3.8, 4) is 0 Å². The normalized spacial score (nSPS) is 30.1. The van der Waals surface area contributed by atoms with Gasteiger partial charge in [-0.2, -0.15) is 0 Å². The highest BCUT2D eigenvalue weighted by atomic mass is 16.6. The Bertz CT molecular complexity index is 262. The molecule has 5 nitrogen and oxygen atoms in total. The zero-order chi connectivity index (χ0) is 11.6. The third kappa shape index (κ3) is 2.72. The van der Waals surface area contributed by atoms with Gasteiger partial charge in [0.15, 0.2) is 6.10 Å². The smallest absolute Gasteiger partial charge is 0.254 e. The van der Waals surface area contributed by atoms with Gasteiger partial charge in [0, 0.05) is 25.2 Å². The lowest BCUT2D eigenvalue weighted by Crippen LogP contribution is -2.60. The molecule has 1 N–H and O–H groups in total. The molecule has 0 bridgehead atoms. The largest absolute Gasteiger partial charge is 0.376 e. The maximum Gasteiger partial charge on any atom is 0.254 e. The fourth-order valence-corrected chi connectivity index (χ4v) is 2.16. The fraction of sp³-hybridized carbons (Fsp3) is 0.909. The van der Waals surface area contributed by atoms with Crippen LogP contribution in [0.4, 0.5) is 0 Å². The second kappa shape index (κ2) is 4.69. The Morgan fingerprint density at radius 1 is 1.44 bits per heavy atom. The number of piperazine rings is 1. The molecule has 0 aromatic carbocycles. The number of nitrogens with one attached hydrogen (secondary N) is 1. The van der Waals surface area contributed by atoms with E-state index < -0.39 is 6.10 Å². The summed E-state index contributed by atoms with van der Waals surface area (Å²) in [6.07, 6.45) is -0.400. The van der Waals surface area contributed by atoms with Crippen molar-refractivity contribution in [1.29, 1.82) is 0 Å². The van der Waals surface area contributed by atoms with Crippen LogP contribution in [-0.2, 0) is 14.3 Å². The van der Waals surface area contributed by atoms with E-state index in [0.29, 0.717) is 19.8 Å². The minimum atomic E-state index is -0.400. The molecule has 0 radical (unpaired) electrons. The SMILES string of the molecule is CC1(C)CN(C(=O)C2COCCO2)CCN1. The number of hydrogen-bond donors (Lipinski definition) is 1. The highest BCUT2D eigenvalue weighted by molar-refractivity contribution is 5.81. The second-order valence-corrected chi connectivity index (χ2v) is 5.00. The molecule has 0 aromatic heterocycles. The molecule has 1 unspecified atom stereocenters. The lowest BCUT2D eigenvalue weighted by molar-refractivity contribution is -0.159. The summed E-state index contributed by atoms with van der Waals surface area (Å²) in [5.74, 6) is 0.0641. The monoisotopic (exact) mass is 228 g/mol. The third-order valence-electron chi connectivity index (χ3n) is 2.97. The van der Waals surface area contributed by atoms with Gasteiger partial charge in [-0.05, 0) is 13.8 Å². The molecule has 1 amide bonds. The molecule has 2 rings (SSSR count). The van der Waals surface area contributed by atoms with Crippen molar-refractivity contribution < 1.29 is 14.3 Å². The van der Waals surface area contributed by atoms with E-state index in [1.807, 2.05) is 4.90 Å². The molecule has 2 fully saturated rings. The van der Waals surface area contributed by atoms with Crippen LogP contribution < -0.4 is 5.32 Å². The molecule has 5 heteroatoms. The summed E-state index contributed by atoms with van der Waals surface area (Å²) < 4.78 is 10.7. The van der Waals surface area contributed by atoms with E-state index in [2.05, 4.69) is 19.2 Å². The Hall–Kier alpha value is -0.650. The molecule has 2 heterocycles. The van der Waals surface area contributed by atoms with E-state index in [9.17, 15) is 4.79 Å². The van der Waals surface area contributed by atoms with Crippen LogP contribution in [0.2, 0.25) is 0 Å². The van der Waals surface area contributed by atoms with Crippen molar-refractivity contribution in [2.45, 2.75) is 25.5 Å². The van der Waals surface area contributed by atoms with Gasteiger partial charge in [-0.15, -0.1) is 0 Å². The van der Waals surface area contributed by atoms with Gasteiger partial charge in [-0.1, -0.05) is 0 Å². The van der Waals surface area contributed by atoms with Crippen molar-refractivity contribution in [2.24, 2.45) is 0 Å². The van der Waals surface area contributed by atoms with Crippen LogP contribution in [0.15, 0.2) is 0 Å². The van der Waals surface area contributed by atoms with Crippen LogP contribution in [0.5, 0.6) is 0 Å². The highest BCUT2D eigenvalue weighted by Crippen LogP contribution is 2.13. The van der Waals surface area contributed by atoms with E-state index in [1.165, 1.54) is 0 Å². The van der Waals surface area contributed by atoms with Crippen molar-refractivity contribution in [3.05, 3.63) is 0 Å². The van der Waals surface area contributed by atoms with Gasteiger partial charge in [-0.3, -0.25) is 4.79 Å². The highest BCUT2D eigenvalue weighted by Gasteiger charge is 2.33. The number of nitrogens with zero attached hydrogens (tertiary/aromatic N) is 1. The molecule has 0 spiro atoms. The van der Waals surface area contributed by atoms with Crippen molar-refractivity contribution >= 4 is 5.91 Å². The quantitative estimate of drug-likeness (QED) is 0.664. The van der Waals surface area contributed by atoms with E-state index in [-0.39, 0.29) is 11.4 Å². The topological polar surface area (TPSA) is 50.8 Å². The van der Waals surface area contributed by atoms with Gasteiger partial charge in [0.25, 0.3) is 5.91 Å². The molecule has 2 saturated heterocycles. The second-order valence-electron chi connectivity index (χ2n) is 5.00. The van der Waals surface area contributed by atoms with Crippen molar-refractivity contribution in [1.82, 2.24) is 10.2 Å². The van der Waals surface area contributed by atoms with Gasteiger partial charge >= 0.3 is 0 Å². The molecule has 92 valence electrons. The van der Waals surface area contributed by atoms with E-state index in [1.54, 1.807) is 0 Å². The molecule has 0 aromatic rings. The van der Waals surface area contributed by atoms with Crippen molar-refractivity contribution in [2.75, 3.05) is 39.5 Å². The average Bonchev–Trinajstić information content (AvgIpc) is 2.28. The predicted molar refractivity (Wildman–Crippen MR) is 59.2 cm³/mol. The van der Waals surface area contributed by atoms with Crippen LogP contribution in [0.1, 0.15) is 13.8 Å². The van der Waals surface area contributed by atoms with Crippen LogP contribution in [0.25, 0.3) is 0 Å². The summed E-state index contributed by atoms with van der Waals surface area (Å²) in [7, 11) is 0. The number of ether oxygens (including phenoxy) is 2. The first-order valence-electron chi connectivity index (χ1n) is 5.82.